The number of nitrogens with zero attached hydrogens (tertiary/aromatic N) is 2. The van der Waals surface area contributed by atoms with E-state index in [4.69, 9.17) is 17.0 Å². The lowest BCUT2D eigenvalue weighted by Gasteiger charge is -1.87. The van der Waals surface area contributed by atoms with Crippen molar-refractivity contribution in [3.63, 3.8) is 0 Å². The average molecular weight is 266 g/mol. The van der Waals surface area contributed by atoms with E-state index in [9.17, 15) is 14.4 Å². The number of aromatic amines is 3. The molecule has 1 aliphatic rings. The van der Waals surface area contributed by atoms with Gasteiger partial charge in [-0.05, 0) is 0 Å². The zero-order chi connectivity index (χ0) is 14.0. The summed E-state index contributed by atoms with van der Waals surface area (Å²) >= 11 is 0. The number of hydrogen-bond donors (Lipinski definition) is 4. The molecule has 5 N–H and O–H groups in total. The SMILES string of the molecule is NCC1CO1.[C-]#[N+]n1c(=O)[nH]c2[nH]c(=O)[nH]c2c1=O. The topological polar surface area (TPSA) is 146 Å². The van der Waals surface area contributed by atoms with Gasteiger partial charge in [-0.25, -0.2) is 9.59 Å². The molecule has 1 atom stereocenters. The number of aromatic nitrogens is 4. The van der Waals surface area contributed by atoms with Crippen LogP contribution in [-0.2, 0) is 4.74 Å². The van der Waals surface area contributed by atoms with Crippen LogP contribution in [0.5, 0.6) is 0 Å². The quantitative estimate of drug-likeness (QED) is 0.339. The molecule has 3 heterocycles. The van der Waals surface area contributed by atoms with Crippen molar-refractivity contribution >= 4 is 11.2 Å². The van der Waals surface area contributed by atoms with Gasteiger partial charge in [-0.1, -0.05) is 0 Å². The van der Waals surface area contributed by atoms with Crippen molar-refractivity contribution in [2.75, 3.05) is 13.2 Å². The summed E-state index contributed by atoms with van der Waals surface area (Å²) in [5.41, 5.74) is 2.63. The molecule has 2 aromatic rings. The Labute approximate surface area is 104 Å². The Kier molecular flexibility index (Phi) is 3.32. The summed E-state index contributed by atoms with van der Waals surface area (Å²) in [5, 5.41) is 0. The molecule has 1 aliphatic heterocycles. The number of H-pyrrole nitrogens is 3. The molecule has 0 spiro atoms. The Morgan fingerprint density at radius 1 is 1.37 bits per heavy atom. The van der Waals surface area contributed by atoms with Gasteiger partial charge in [0, 0.05) is 6.54 Å². The molecule has 10 nitrogen and oxygen atoms in total. The van der Waals surface area contributed by atoms with Crippen LogP contribution in [0.3, 0.4) is 0 Å². The van der Waals surface area contributed by atoms with Crippen molar-refractivity contribution in [3.05, 3.63) is 42.8 Å². The monoisotopic (exact) mass is 266 g/mol. The van der Waals surface area contributed by atoms with Crippen LogP contribution in [0, 0.1) is 6.57 Å². The zero-order valence-corrected chi connectivity index (χ0v) is 9.60. The van der Waals surface area contributed by atoms with E-state index in [2.05, 4.69) is 19.9 Å². The number of hydrogen-bond acceptors (Lipinski definition) is 5. The Morgan fingerprint density at radius 3 is 2.53 bits per heavy atom. The van der Waals surface area contributed by atoms with Crippen LogP contribution in [0.1, 0.15) is 0 Å². The molecular weight excluding hydrogens is 256 g/mol. The first-order valence-electron chi connectivity index (χ1n) is 5.23. The Balaban J connectivity index is 0.000000224. The molecule has 0 saturated carbocycles. The minimum atomic E-state index is -0.882. The lowest BCUT2D eigenvalue weighted by Crippen LogP contribution is -2.30. The van der Waals surface area contributed by atoms with E-state index >= 15 is 0 Å². The van der Waals surface area contributed by atoms with E-state index in [1.807, 2.05) is 0 Å². The normalized spacial score (nSPS) is 16.5. The van der Waals surface area contributed by atoms with E-state index < -0.39 is 16.9 Å². The largest absolute Gasteiger partial charge is 0.398 e. The highest BCUT2D eigenvalue weighted by Gasteiger charge is 2.18. The van der Waals surface area contributed by atoms with Crippen LogP contribution in [0.2, 0.25) is 0 Å². The van der Waals surface area contributed by atoms with E-state index in [0.29, 0.717) is 17.3 Å². The fourth-order valence-electron chi connectivity index (χ4n) is 1.29. The molecule has 3 rings (SSSR count). The summed E-state index contributed by atoms with van der Waals surface area (Å²) in [5.74, 6) is 0. The van der Waals surface area contributed by atoms with Gasteiger partial charge in [-0.15, -0.1) is 4.95 Å². The van der Waals surface area contributed by atoms with Crippen molar-refractivity contribution < 1.29 is 4.74 Å². The van der Waals surface area contributed by atoms with Gasteiger partial charge >= 0.3 is 16.9 Å². The molecule has 0 radical (unpaired) electrons. The fraction of sp³-hybridized carbons (Fsp3) is 0.333. The van der Waals surface area contributed by atoms with E-state index in [1.54, 1.807) is 0 Å². The van der Waals surface area contributed by atoms with Gasteiger partial charge in [0.2, 0.25) is 0 Å². The number of imidazole rings is 1. The molecule has 2 aromatic heterocycles. The van der Waals surface area contributed by atoms with E-state index in [1.165, 1.54) is 0 Å². The molecule has 19 heavy (non-hydrogen) atoms. The predicted molar refractivity (Wildman–Crippen MR) is 64.6 cm³/mol. The molecule has 1 saturated heterocycles. The smallest absolute Gasteiger partial charge is 0.372 e. The van der Waals surface area contributed by atoms with Crippen LogP contribution in [0.25, 0.3) is 16.1 Å². The maximum absolute atomic E-state index is 11.3. The third kappa shape index (κ3) is 2.62. The highest BCUT2D eigenvalue weighted by atomic mass is 16.6. The van der Waals surface area contributed by atoms with Gasteiger partial charge in [0.05, 0.1) is 17.4 Å². The molecule has 10 heteroatoms. The lowest BCUT2D eigenvalue weighted by molar-refractivity contribution is 0.412. The number of nitrogens with two attached hydrogens (primary N) is 1. The Hall–Kier alpha value is -2.64. The van der Waals surface area contributed by atoms with Crippen molar-refractivity contribution in [1.29, 1.82) is 0 Å². The van der Waals surface area contributed by atoms with Crippen LogP contribution >= 0.6 is 0 Å². The number of nitrogens with one attached hydrogen (secondary N) is 3. The molecular formula is C9H10N6O4. The highest BCUT2D eigenvalue weighted by Crippen LogP contribution is 2.03. The fourth-order valence-corrected chi connectivity index (χ4v) is 1.29. The van der Waals surface area contributed by atoms with Gasteiger partial charge in [0.1, 0.15) is 5.65 Å². The van der Waals surface area contributed by atoms with Gasteiger partial charge in [-0.2, -0.15) is 6.57 Å². The van der Waals surface area contributed by atoms with Gasteiger partial charge < -0.3 is 10.5 Å². The summed E-state index contributed by atoms with van der Waals surface area (Å²) < 4.78 is 5.03. The molecule has 0 aromatic carbocycles. The summed E-state index contributed by atoms with van der Waals surface area (Å²) in [4.78, 5) is 42.4. The molecule has 0 bridgehead atoms. The number of fused-ring (bicyclic) bond motifs is 1. The second-order valence-electron chi connectivity index (χ2n) is 3.67. The summed E-state index contributed by atoms with van der Waals surface area (Å²) in [6, 6.07) is 0. The number of ether oxygens (including phenoxy) is 1. The maximum Gasteiger partial charge on any atom is 0.398 e. The Bertz CT molecular complexity index is 799. The number of rotatable bonds is 1. The number of epoxide rings is 1. The van der Waals surface area contributed by atoms with Gasteiger partial charge in [0.15, 0.2) is 5.52 Å². The van der Waals surface area contributed by atoms with E-state index in [-0.39, 0.29) is 11.2 Å². The lowest BCUT2D eigenvalue weighted by atomic mass is 10.5. The van der Waals surface area contributed by atoms with Crippen LogP contribution in [0.15, 0.2) is 14.4 Å². The predicted octanol–water partition coefficient (Wildman–Crippen LogP) is -2.27. The van der Waals surface area contributed by atoms with Crippen molar-refractivity contribution in [2.24, 2.45) is 5.73 Å². The second kappa shape index (κ2) is 4.92. The first-order chi connectivity index (χ1) is 9.06. The molecule has 1 fully saturated rings. The van der Waals surface area contributed by atoms with Crippen molar-refractivity contribution in [2.45, 2.75) is 6.10 Å². The first kappa shape index (κ1) is 12.8. The van der Waals surface area contributed by atoms with Crippen LogP contribution in [-0.4, -0.2) is 38.9 Å². The molecule has 0 aliphatic carbocycles. The maximum atomic E-state index is 11.3. The molecule has 100 valence electrons. The van der Waals surface area contributed by atoms with Crippen molar-refractivity contribution in [1.82, 2.24) is 19.6 Å². The Morgan fingerprint density at radius 2 is 2.05 bits per heavy atom. The standard InChI is InChI=1S/C6H3N5O3.C3H7NO/c1-7-11-4(12)2-3(10-6(11)14)9-5(13)8-2;4-1-3-2-5-3/h(H,10,14)(H2,8,9,13);3H,1-2,4H2. The third-order valence-corrected chi connectivity index (χ3v) is 2.32. The first-order valence-corrected chi connectivity index (χ1v) is 5.23. The second-order valence-corrected chi connectivity index (χ2v) is 3.67. The van der Waals surface area contributed by atoms with Gasteiger partial charge in [0.25, 0.3) is 0 Å². The van der Waals surface area contributed by atoms with Crippen molar-refractivity contribution in [3.8, 4) is 0 Å². The minimum absolute atomic E-state index is 0.00935. The molecule has 1 unspecified atom stereocenters. The summed E-state index contributed by atoms with van der Waals surface area (Å²) in [6.07, 6.45) is 0.412. The average Bonchev–Trinajstić information content (AvgIpc) is 3.13. The van der Waals surface area contributed by atoms with E-state index in [0.717, 1.165) is 6.61 Å². The minimum Gasteiger partial charge on any atom is -0.372 e. The highest BCUT2D eigenvalue weighted by molar-refractivity contribution is 5.67. The zero-order valence-electron chi connectivity index (χ0n) is 9.60. The third-order valence-electron chi connectivity index (χ3n) is 2.32. The van der Waals surface area contributed by atoms with Gasteiger partial charge in [-0.3, -0.25) is 19.7 Å². The van der Waals surface area contributed by atoms with Crippen LogP contribution < -0.4 is 22.7 Å². The summed E-state index contributed by atoms with van der Waals surface area (Å²) in [6.45, 7) is 8.15. The summed E-state index contributed by atoms with van der Waals surface area (Å²) in [7, 11) is 0. The van der Waals surface area contributed by atoms with Crippen LogP contribution in [0.4, 0.5) is 0 Å². The molecule has 0 amide bonds.